The number of hydrogen-bond donors (Lipinski definition) is 1. The van der Waals surface area contributed by atoms with Crippen LogP contribution in [0.5, 0.6) is 0 Å². The zero-order valence-corrected chi connectivity index (χ0v) is 13.7. The SMILES string of the molecule is Cc1cc(NC2CCC(C)(C)c3ccccc32)n2ncnc2n1. The minimum Gasteiger partial charge on any atom is -0.363 e. The summed E-state index contributed by atoms with van der Waals surface area (Å²) in [6.07, 6.45) is 3.80. The minimum absolute atomic E-state index is 0.228. The monoisotopic (exact) mass is 307 g/mol. The van der Waals surface area contributed by atoms with Gasteiger partial charge in [-0.15, -0.1) is 0 Å². The van der Waals surface area contributed by atoms with Crippen LogP contribution in [0.4, 0.5) is 5.82 Å². The van der Waals surface area contributed by atoms with Gasteiger partial charge in [-0.3, -0.25) is 0 Å². The van der Waals surface area contributed by atoms with Gasteiger partial charge in [-0.2, -0.15) is 14.6 Å². The maximum absolute atomic E-state index is 4.41. The van der Waals surface area contributed by atoms with Crippen molar-refractivity contribution in [3.8, 4) is 0 Å². The highest BCUT2D eigenvalue weighted by Gasteiger charge is 2.32. The Bertz CT molecular complexity index is 865. The van der Waals surface area contributed by atoms with Gasteiger partial charge in [-0.25, -0.2) is 4.98 Å². The Morgan fingerprint density at radius 1 is 1.26 bits per heavy atom. The first-order valence-electron chi connectivity index (χ1n) is 8.08. The molecule has 0 radical (unpaired) electrons. The molecule has 0 bridgehead atoms. The van der Waals surface area contributed by atoms with Crippen LogP contribution in [0.3, 0.4) is 0 Å². The summed E-state index contributed by atoms with van der Waals surface area (Å²) in [5, 5.41) is 7.96. The van der Waals surface area contributed by atoms with E-state index in [0.29, 0.717) is 5.78 Å². The molecule has 0 spiro atoms. The van der Waals surface area contributed by atoms with Gasteiger partial charge in [-0.05, 0) is 36.3 Å². The number of benzene rings is 1. The number of hydrogen-bond acceptors (Lipinski definition) is 4. The molecule has 1 aromatic carbocycles. The predicted molar refractivity (Wildman–Crippen MR) is 90.6 cm³/mol. The van der Waals surface area contributed by atoms with E-state index in [1.165, 1.54) is 11.1 Å². The zero-order valence-electron chi connectivity index (χ0n) is 13.7. The summed E-state index contributed by atoms with van der Waals surface area (Å²) in [7, 11) is 0. The fourth-order valence-electron chi connectivity index (χ4n) is 3.57. The van der Waals surface area contributed by atoms with E-state index in [9.17, 15) is 0 Å². The molecular formula is C18H21N5. The molecule has 2 heterocycles. The van der Waals surface area contributed by atoms with Gasteiger partial charge in [0.2, 0.25) is 0 Å². The van der Waals surface area contributed by atoms with Crippen LogP contribution in [0, 0.1) is 6.92 Å². The highest BCUT2D eigenvalue weighted by Crippen LogP contribution is 2.42. The Balaban J connectivity index is 1.76. The summed E-state index contributed by atoms with van der Waals surface area (Å²) in [5.74, 6) is 1.58. The van der Waals surface area contributed by atoms with Crippen molar-refractivity contribution >= 4 is 11.6 Å². The average Bonchev–Trinajstić information content (AvgIpc) is 2.99. The molecule has 1 N–H and O–H groups in total. The van der Waals surface area contributed by atoms with E-state index in [1.54, 1.807) is 10.8 Å². The molecule has 5 heteroatoms. The number of nitrogens with zero attached hydrogens (tertiary/aromatic N) is 4. The second-order valence-electron chi connectivity index (χ2n) is 6.96. The van der Waals surface area contributed by atoms with Crippen LogP contribution in [0.1, 0.15) is 49.6 Å². The van der Waals surface area contributed by atoms with Crippen molar-refractivity contribution in [2.75, 3.05) is 5.32 Å². The van der Waals surface area contributed by atoms with Gasteiger partial charge in [0.15, 0.2) is 0 Å². The Morgan fingerprint density at radius 3 is 2.96 bits per heavy atom. The molecular weight excluding hydrogens is 286 g/mol. The zero-order chi connectivity index (χ0) is 16.0. The van der Waals surface area contributed by atoms with Crippen molar-refractivity contribution in [2.24, 2.45) is 0 Å². The second kappa shape index (κ2) is 5.05. The lowest BCUT2D eigenvalue weighted by Gasteiger charge is -2.37. The largest absolute Gasteiger partial charge is 0.363 e. The van der Waals surface area contributed by atoms with Crippen molar-refractivity contribution in [1.29, 1.82) is 0 Å². The van der Waals surface area contributed by atoms with E-state index in [-0.39, 0.29) is 11.5 Å². The number of rotatable bonds is 2. The van der Waals surface area contributed by atoms with Crippen LogP contribution >= 0.6 is 0 Å². The smallest absolute Gasteiger partial charge is 0.254 e. The molecule has 0 fully saturated rings. The average molecular weight is 307 g/mol. The summed E-state index contributed by atoms with van der Waals surface area (Å²) < 4.78 is 1.77. The molecule has 5 nitrogen and oxygen atoms in total. The fourth-order valence-corrected chi connectivity index (χ4v) is 3.57. The number of aromatic nitrogens is 4. The second-order valence-corrected chi connectivity index (χ2v) is 6.96. The van der Waals surface area contributed by atoms with Gasteiger partial charge < -0.3 is 5.32 Å². The highest BCUT2D eigenvalue weighted by molar-refractivity contribution is 5.49. The predicted octanol–water partition coefficient (Wildman–Crippen LogP) is 3.66. The summed E-state index contributed by atoms with van der Waals surface area (Å²) in [6, 6.07) is 11.1. The highest BCUT2D eigenvalue weighted by atomic mass is 15.4. The molecule has 0 aliphatic heterocycles. The number of fused-ring (bicyclic) bond motifs is 2. The molecule has 1 aliphatic carbocycles. The first-order chi connectivity index (χ1) is 11.0. The first-order valence-corrected chi connectivity index (χ1v) is 8.08. The summed E-state index contributed by atoms with van der Waals surface area (Å²) in [4.78, 5) is 8.61. The van der Waals surface area contributed by atoms with E-state index in [0.717, 1.165) is 24.4 Å². The summed E-state index contributed by atoms with van der Waals surface area (Å²) in [6.45, 7) is 6.64. The normalized spacial score (nSPS) is 19.5. The van der Waals surface area contributed by atoms with Gasteiger partial charge >= 0.3 is 0 Å². The van der Waals surface area contributed by atoms with Gasteiger partial charge in [0, 0.05) is 11.8 Å². The van der Waals surface area contributed by atoms with E-state index in [4.69, 9.17) is 0 Å². The number of nitrogens with one attached hydrogen (secondary N) is 1. The van der Waals surface area contributed by atoms with Crippen LogP contribution in [-0.4, -0.2) is 19.6 Å². The molecule has 118 valence electrons. The molecule has 1 unspecified atom stereocenters. The Labute approximate surface area is 135 Å². The third-order valence-electron chi connectivity index (χ3n) is 4.83. The Hall–Kier alpha value is -2.43. The Morgan fingerprint density at radius 2 is 2.09 bits per heavy atom. The van der Waals surface area contributed by atoms with E-state index >= 15 is 0 Å². The van der Waals surface area contributed by atoms with Gasteiger partial charge in [0.05, 0.1) is 6.04 Å². The lowest BCUT2D eigenvalue weighted by Crippen LogP contribution is -2.29. The standard InChI is InChI=1S/C18H21N5/c1-12-10-16(23-17(21-12)19-11-20-23)22-15-8-9-18(2,3)14-7-5-4-6-13(14)15/h4-7,10-11,15,22H,8-9H2,1-3H3. The molecule has 0 saturated carbocycles. The molecule has 4 rings (SSSR count). The molecule has 0 amide bonds. The van der Waals surface area contributed by atoms with Crippen molar-refractivity contribution in [2.45, 2.75) is 45.1 Å². The lowest BCUT2D eigenvalue weighted by molar-refractivity contribution is 0.405. The third-order valence-corrected chi connectivity index (χ3v) is 4.83. The van der Waals surface area contributed by atoms with Crippen molar-refractivity contribution in [3.05, 3.63) is 53.5 Å². The molecule has 1 atom stereocenters. The van der Waals surface area contributed by atoms with Crippen LogP contribution in [0.2, 0.25) is 0 Å². The van der Waals surface area contributed by atoms with E-state index < -0.39 is 0 Å². The summed E-state index contributed by atoms with van der Waals surface area (Å²) >= 11 is 0. The van der Waals surface area contributed by atoms with E-state index in [2.05, 4.69) is 58.5 Å². The van der Waals surface area contributed by atoms with E-state index in [1.807, 2.05) is 13.0 Å². The van der Waals surface area contributed by atoms with Crippen LogP contribution in [0.25, 0.3) is 5.78 Å². The number of anilines is 1. The minimum atomic E-state index is 0.228. The molecule has 2 aromatic heterocycles. The maximum Gasteiger partial charge on any atom is 0.254 e. The van der Waals surface area contributed by atoms with Crippen molar-refractivity contribution in [3.63, 3.8) is 0 Å². The first kappa shape index (κ1) is 14.2. The van der Waals surface area contributed by atoms with Crippen LogP contribution in [0.15, 0.2) is 36.7 Å². The molecule has 23 heavy (non-hydrogen) atoms. The molecule has 1 aliphatic rings. The number of aryl methyl sites for hydroxylation is 1. The van der Waals surface area contributed by atoms with Crippen molar-refractivity contribution in [1.82, 2.24) is 19.6 Å². The third kappa shape index (κ3) is 2.36. The quantitative estimate of drug-likeness (QED) is 0.785. The van der Waals surface area contributed by atoms with Gasteiger partial charge in [0.25, 0.3) is 5.78 Å². The Kier molecular flexibility index (Phi) is 3.11. The fraction of sp³-hybridized carbons (Fsp3) is 0.389. The topological polar surface area (TPSA) is 55.1 Å². The van der Waals surface area contributed by atoms with Crippen LogP contribution in [-0.2, 0) is 5.41 Å². The molecule has 3 aromatic rings. The van der Waals surface area contributed by atoms with Crippen LogP contribution < -0.4 is 5.32 Å². The molecule has 0 saturated heterocycles. The van der Waals surface area contributed by atoms with Crippen molar-refractivity contribution < 1.29 is 0 Å². The lowest BCUT2D eigenvalue weighted by atomic mass is 9.71. The van der Waals surface area contributed by atoms with Gasteiger partial charge in [0.1, 0.15) is 12.1 Å². The maximum atomic E-state index is 4.41. The van der Waals surface area contributed by atoms with Gasteiger partial charge in [-0.1, -0.05) is 38.1 Å². The summed E-state index contributed by atoms with van der Waals surface area (Å²) in [5.41, 5.74) is 3.99.